The largest absolute Gasteiger partial charge is 0.392 e. The summed E-state index contributed by atoms with van der Waals surface area (Å²) in [7, 11) is 0. The SMILES string of the molecule is CC(O)Cn1cnc([N+](=O)[O-])c1. The topological polar surface area (TPSA) is 81.2 Å². The van der Waals surface area contributed by atoms with Crippen molar-refractivity contribution in [1.82, 2.24) is 9.55 Å². The number of aliphatic hydroxyl groups excluding tert-OH is 1. The van der Waals surface area contributed by atoms with Crippen LogP contribution in [0.1, 0.15) is 6.92 Å². The number of imidazole rings is 1. The Balaban J connectivity index is 2.71. The second-order valence-electron chi connectivity index (χ2n) is 2.53. The molecular formula is C6H9N3O3. The molecule has 6 heteroatoms. The summed E-state index contributed by atoms with van der Waals surface area (Å²) in [5, 5.41) is 19.1. The zero-order valence-electron chi connectivity index (χ0n) is 6.54. The highest BCUT2D eigenvalue weighted by Gasteiger charge is 2.10. The van der Waals surface area contributed by atoms with Crippen LogP contribution in [0.5, 0.6) is 0 Å². The summed E-state index contributed by atoms with van der Waals surface area (Å²) >= 11 is 0. The number of hydrogen-bond donors (Lipinski definition) is 1. The third-order valence-electron chi connectivity index (χ3n) is 1.28. The number of nitro groups is 1. The van der Waals surface area contributed by atoms with Crippen LogP contribution in [0.25, 0.3) is 0 Å². The lowest BCUT2D eigenvalue weighted by atomic mass is 10.4. The number of hydrogen-bond acceptors (Lipinski definition) is 4. The number of aliphatic hydroxyl groups is 1. The molecule has 0 spiro atoms. The van der Waals surface area contributed by atoms with E-state index in [9.17, 15) is 10.1 Å². The minimum atomic E-state index is -0.571. The Bertz CT molecular complexity index is 281. The first-order valence-electron chi connectivity index (χ1n) is 3.44. The van der Waals surface area contributed by atoms with Gasteiger partial charge in [-0.1, -0.05) is 0 Å². The van der Waals surface area contributed by atoms with Crippen molar-refractivity contribution in [3.05, 3.63) is 22.6 Å². The molecule has 12 heavy (non-hydrogen) atoms. The maximum absolute atomic E-state index is 10.2. The Hall–Kier alpha value is -1.43. The van der Waals surface area contributed by atoms with E-state index in [1.165, 1.54) is 17.1 Å². The van der Waals surface area contributed by atoms with Crippen molar-refractivity contribution in [2.75, 3.05) is 0 Å². The molecule has 1 aromatic rings. The van der Waals surface area contributed by atoms with Gasteiger partial charge < -0.3 is 19.8 Å². The van der Waals surface area contributed by atoms with E-state index in [2.05, 4.69) is 4.98 Å². The van der Waals surface area contributed by atoms with E-state index < -0.39 is 11.0 Å². The zero-order valence-corrected chi connectivity index (χ0v) is 6.54. The molecule has 0 saturated carbocycles. The van der Waals surface area contributed by atoms with Crippen LogP contribution in [-0.2, 0) is 6.54 Å². The fraction of sp³-hybridized carbons (Fsp3) is 0.500. The number of nitrogens with zero attached hydrogens (tertiary/aromatic N) is 3. The lowest BCUT2D eigenvalue weighted by Crippen LogP contribution is -2.09. The van der Waals surface area contributed by atoms with Gasteiger partial charge in [0.25, 0.3) is 0 Å². The van der Waals surface area contributed by atoms with E-state index in [0.29, 0.717) is 6.54 Å². The van der Waals surface area contributed by atoms with E-state index in [4.69, 9.17) is 5.11 Å². The summed E-state index contributed by atoms with van der Waals surface area (Å²) in [6.45, 7) is 1.92. The van der Waals surface area contributed by atoms with E-state index in [0.717, 1.165) is 0 Å². The molecule has 0 saturated heterocycles. The van der Waals surface area contributed by atoms with Crippen molar-refractivity contribution in [2.45, 2.75) is 19.6 Å². The van der Waals surface area contributed by atoms with E-state index >= 15 is 0 Å². The predicted molar refractivity (Wildman–Crippen MR) is 40.6 cm³/mol. The van der Waals surface area contributed by atoms with Crippen molar-refractivity contribution in [2.24, 2.45) is 0 Å². The predicted octanol–water partition coefficient (Wildman–Crippen LogP) is 0.172. The highest BCUT2D eigenvalue weighted by molar-refractivity contribution is 5.12. The first kappa shape index (κ1) is 8.66. The lowest BCUT2D eigenvalue weighted by Gasteiger charge is -2.01. The van der Waals surface area contributed by atoms with Crippen LogP contribution >= 0.6 is 0 Å². The Kier molecular flexibility index (Phi) is 2.39. The average Bonchev–Trinajstić information content (AvgIpc) is 2.34. The standard InChI is InChI=1S/C6H9N3O3/c1-5(10)2-8-3-6(7-4-8)9(11)12/h3-5,10H,2H2,1H3. The van der Waals surface area contributed by atoms with Crippen LogP contribution < -0.4 is 0 Å². The summed E-state index contributed by atoms with van der Waals surface area (Å²) in [4.78, 5) is 13.1. The molecule has 6 nitrogen and oxygen atoms in total. The van der Waals surface area contributed by atoms with Gasteiger partial charge in [-0.25, -0.2) is 0 Å². The molecule has 1 aromatic heterocycles. The summed E-state index contributed by atoms with van der Waals surface area (Å²) in [5.74, 6) is -0.198. The van der Waals surface area contributed by atoms with Crippen LogP contribution in [0.2, 0.25) is 0 Å². The van der Waals surface area contributed by atoms with Crippen LogP contribution in [-0.4, -0.2) is 25.7 Å². The van der Waals surface area contributed by atoms with Gasteiger partial charge in [0, 0.05) is 0 Å². The van der Waals surface area contributed by atoms with Crippen molar-refractivity contribution in [1.29, 1.82) is 0 Å². The first-order chi connectivity index (χ1) is 5.59. The fourth-order valence-corrected chi connectivity index (χ4v) is 0.848. The zero-order chi connectivity index (χ0) is 9.14. The molecule has 0 radical (unpaired) electrons. The molecule has 1 unspecified atom stereocenters. The molecule has 0 fully saturated rings. The highest BCUT2D eigenvalue weighted by Crippen LogP contribution is 2.05. The quantitative estimate of drug-likeness (QED) is 0.519. The Morgan fingerprint density at radius 1 is 1.92 bits per heavy atom. The first-order valence-corrected chi connectivity index (χ1v) is 3.44. The summed E-state index contributed by atoms with van der Waals surface area (Å²) in [6, 6.07) is 0. The van der Waals surface area contributed by atoms with E-state index in [1.54, 1.807) is 6.92 Å². The normalized spacial score (nSPS) is 12.8. The van der Waals surface area contributed by atoms with Gasteiger partial charge in [-0.05, 0) is 16.8 Å². The van der Waals surface area contributed by atoms with Gasteiger partial charge in [-0.15, -0.1) is 0 Å². The third-order valence-corrected chi connectivity index (χ3v) is 1.28. The highest BCUT2D eigenvalue weighted by atomic mass is 16.6. The second-order valence-corrected chi connectivity index (χ2v) is 2.53. The molecule has 1 N–H and O–H groups in total. The molecule has 1 atom stereocenters. The minimum Gasteiger partial charge on any atom is -0.392 e. The minimum absolute atomic E-state index is 0.198. The van der Waals surface area contributed by atoms with Gasteiger partial charge in [-0.3, -0.25) is 0 Å². The lowest BCUT2D eigenvalue weighted by molar-refractivity contribution is -0.389. The number of aromatic nitrogens is 2. The molecular weight excluding hydrogens is 162 g/mol. The molecule has 0 bridgehead atoms. The molecule has 0 aliphatic carbocycles. The van der Waals surface area contributed by atoms with Crippen LogP contribution in [0, 0.1) is 10.1 Å². The second kappa shape index (κ2) is 3.31. The van der Waals surface area contributed by atoms with Gasteiger partial charge in [0.15, 0.2) is 0 Å². The van der Waals surface area contributed by atoms with Crippen molar-refractivity contribution < 1.29 is 10.0 Å². The Labute approximate surface area is 68.6 Å². The van der Waals surface area contributed by atoms with E-state index in [-0.39, 0.29) is 5.82 Å². The van der Waals surface area contributed by atoms with Crippen LogP contribution in [0.3, 0.4) is 0 Å². The molecule has 0 aliphatic rings. The van der Waals surface area contributed by atoms with Crippen LogP contribution in [0.15, 0.2) is 12.5 Å². The average molecular weight is 171 g/mol. The third kappa shape index (κ3) is 2.03. The van der Waals surface area contributed by atoms with Gasteiger partial charge in [0.1, 0.15) is 6.20 Å². The smallest absolute Gasteiger partial charge is 0.381 e. The summed E-state index contributed by atoms with van der Waals surface area (Å²) < 4.78 is 1.48. The Morgan fingerprint density at radius 2 is 2.58 bits per heavy atom. The maximum Gasteiger partial charge on any atom is 0.381 e. The number of rotatable bonds is 3. The molecule has 0 aliphatic heterocycles. The van der Waals surface area contributed by atoms with Crippen molar-refractivity contribution in [3.8, 4) is 0 Å². The van der Waals surface area contributed by atoms with Crippen molar-refractivity contribution in [3.63, 3.8) is 0 Å². The summed E-state index contributed by atoms with van der Waals surface area (Å²) in [6.07, 6.45) is 2.08. The molecule has 1 heterocycles. The summed E-state index contributed by atoms with van der Waals surface area (Å²) in [5.41, 5.74) is 0. The Morgan fingerprint density at radius 3 is 3.00 bits per heavy atom. The molecule has 1 rings (SSSR count). The van der Waals surface area contributed by atoms with Gasteiger partial charge in [0.2, 0.25) is 6.33 Å². The van der Waals surface area contributed by atoms with Gasteiger partial charge in [0.05, 0.1) is 12.6 Å². The van der Waals surface area contributed by atoms with Gasteiger partial charge in [-0.2, -0.15) is 0 Å². The van der Waals surface area contributed by atoms with Crippen LogP contribution in [0.4, 0.5) is 5.82 Å². The molecule has 0 aromatic carbocycles. The van der Waals surface area contributed by atoms with E-state index in [1.807, 2.05) is 0 Å². The maximum atomic E-state index is 10.2. The molecule has 0 amide bonds. The van der Waals surface area contributed by atoms with Gasteiger partial charge >= 0.3 is 5.82 Å². The monoisotopic (exact) mass is 171 g/mol. The molecule has 66 valence electrons. The van der Waals surface area contributed by atoms with Crippen molar-refractivity contribution >= 4 is 5.82 Å². The fourth-order valence-electron chi connectivity index (χ4n) is 0.848.